The maximum Gasteiger partial charge on any atom is 0.0678 e. The largest absolute Gasteiger partial charge is 0.392 e. The van der Waals surface area contributed by atoms with Gasteiger partial charge in [-0.05, 0) is 63.3 Å². The number of aliphatic hydroxyl groups excluding tert-OH is 1. The van der Waals surface area contributed by atoms with Gasteiger partial charge < -0.3 is 5.11 Å². The first-order valence-electron chi connectivity index (χ1n) is 9.41. The van der Waals surface area contributed by atoms with Crippen molar-refractivity contribution in [3.8, 4) is 5.69 Å². The summed E-state index contributed by atoms with van der Waals surface area (Å²) in [4.78, 5) is 3.68. The molecule has 1 atom stereocenters. The van der Waals surface area contributed by atoms with Crippen LogP contribution in [0, 0.1) is 27.7 Å². The Labute approximate surface area is 166 Å². The van der Waals surface area contributed by atoms with Crippen LogP contribution in [0.15, 0.2) is 35.7 Å². The van der Waals surface area contributed by atoms with Crippen LogP contribution < -0.4 is 0 Å². The highest BCUT2D eigenvalue weighted by molar-refractivity contribution is 7.10. The molecule has 3 aromatic rings. The third-order valence-corrected chi connectivity index (χ3v) is 6.03. The van der Waals surface area contributed by atoms with Crippen molar-refractivity contribution in [1.82, 2.24) is 14.7 Å². The topological polar surface area (TPSA) is 41.3 Å². The van der Waals surface area contributed by atoms with Gasteiger partial charge in [-0.3, -0.25) is 4.90 Å². The Morgan fingerprint density at radius 1 is 1.07 bits per heavy atom. The standard InChI is InChI=1S/C22H29N3OS/c1-15-8-6-7-9-21(15)25-19(5)20(18(4)23-25)13-24(12-17(3)26)14-22-16(2)10-11-27-22/h6-11,17,26H,12-14H2,1-5H3/t17-/m1/s1. The summed E-state index contributed by atoms with van der Waals surface area (Å²) in [6.45, 7) is 12.6. The van der Waals surface area contributed by atoms with Crippen molar-refractivity contribution in [2.75, 3.05) is 6.54 Å². The van der Waals surface area contributed by atoms with Gasteiger partial charge in [0.2, 0.25) is 0 Å². The number of rotatable bonds is 7. The van der Waals surface area contributed by atoms with Gasteiger partial charge in [-0.25, -0.2) is 4.68 Å². The first-order valence-corrected chi connectivity index (χ1v) is 10.3. The van der Waals surface area contributed by atoms with E-state index in [0.29, 0.717) is 6.54 Å². The second kappa shape index (κ2) is 8.38. The molecule has 5 heteroatoms. The van der Waals surface area contributed by atoms with Gasteiger partial charge in [-0.15, -0.1) is 11.3 Å². The predicted octanol–water partition coefficient (Wildman–Crippen LogP) is 4.55. The van der Waals surface area contributed by atoms with Gasteiger partial charge in [-0.1, -0.05) is 18.2 Å². The van der Waals surface area contributed by atoms with E-state index in [0.717, 1.165) is 24.5 Å². The zero-order chi connectivity index (χ0) is 19.6. The summed E-state index contributed by atoms with van der Waals surface area (Å²) < 4.78 is 2.05. The molecule has 0 aliphatic carbocycles. The molecule has 1 N–H and O–H groups in total. The summed E-state index contributed by atoms with van der Waals surface area (Å²) in [6.07, 6.45) is -0.364. The molecule has 0 radical (unpaired) electrons. The van der Waals surface area contributed by atoms with Crippen molar-refractivity contribution >= 4 is 11.3 Å². The summed E-state index contributed by atoms with van der Waals surface area (Å²) in [5.41, 5.74) is 7.12. The minimum absolute atomic E-state index is 0.364. The molecule has 0 fully saturated rings. The zero-order valence-corrected chi connectivity index (χ0v) is 17.7. The number of benzene rings is 1. The van der Waals surface area contributed by atoms with Gasteiger partial charge in [-0.2, -0.15) is 5.10 Å². The molecule has 0 aliphatic rings. The smallest absolute Gasteiger partial charge is 0.0678 e. The number of para-hydroxylation sites is 1. The highest BCUT2D eigenvalue weighted by Gasteiger charge is 2.19. The summed E-state index contributed by atoms with van der Waals surface area (Å²) in [6, 6.07) is 10.5. The zero-order valence-electron chi connectivity index (χ0n) is 16.9. The van der Waals surface area contributed by atoms with Crippen LogP contribution in [0.1, 0.15) is 39.9 Å². The van der Waals surface area contributed by atoms with E-state index in [9.17, 15) is 5.11 Å². The van der Waals surface area contributed by atoms with Crippen LogP contribution in [-0.4, -0.2) is 32.4 Å². The Hall–Kier alpha value is -1.95. The summed E-state index contributed by atoms with van der Waals surface area (Å²) in [7, 11) is 0. The van der Waals surface area contributed by atoms with Crippen LogP contribution >= 0.6 is 11.3 Å². The molecule has 0 unspecified atom stereocenters. The molecular formula is C22H29N3OS. The molecule has 4 nitrogen and oxygen atoms in total. The number of aliphatic hydroxyl groups is 1. The molecule has 0 aliphatic heterocycles. The number of hydrogen-bond acceptors (Lipinski definition) is 4. The first-order chi connectivity index (χ1) is 12.9. The van der Waals surface area contributed by atoms with Crippen LogP contribution in [0.5, 0.6) is 0 Å². The van der Waals surface area contributed by atoms with Crippen LogP contribution in [-0.2, 0) is 13.1 Å². The quantitative estimate of drug-likeness (QED) is 0.651. The molecule has 0 bridgehead atoms. The molecule has 2 aromatic heterocycles. The normalized spacial score (nSPS) is 12.7. The maximum absolute atomic E-state index is 10.00. The van der Waals surface area contributed by atoms with Crippen molar-refractivity contribution < 1.29 is 5.11 Å². The summed E-state index contributed by atoms with van der Waals surface area (Å²) in [5.74, 6) is 0. The van der Waals surface area contributed by atoms with E-state index in [2.05, 4.69) is 73.0 Å². The molecule has 0 saturated heterocycles. The van der Waals surface area contributed by atoms with Crippen molar-refractivity contribution in [2.45, 2.75) is 53.8 Å². The average Bonchev–Trinajstić information content (AvgIpc) is 3.13. The number of aryl methyl sites for hydroxylation is 3. The van der Waals surface area contributed by atoms with Crippen molar-refractivity contribution in [3.05, 3.63) is 68.7 Å². The first kappa shape index (κ1) is 19.8. The van der Waals surface area contributed by atoms with E-state index in [1.54, 1.807) is 11.3 Å². The maximum atomic E-state index is 10.00. The van der Waals surface area contributed by atoms with Crippen LogP contribution in [0.4, 0.5) is 0 Å². The van der Waals surface area contributed by atoms with Gasteiger partial charge in [0, 0.05) is 35.8 Å². The molecule has 144 valence electrons. The second-order valence-electron chi connectivity index (χ2n) is 7.39. The number of hydrogen-bond donors (Lipinski definition) is 1. The van der Waals surface area contributed by atoms with E-state index in [4.69, 9.17) is 5.10 Å². The molecule has 0 amide bonds. The fraction of sp³-hybridized carbons (Fsp3) is 0.409. The lowest BCUT2D eigenvalue weighted by molar-refractivity contribution is 0.118. The van der Waals surface area contributed by atoms with E-state index in [1.165, 1.54) is 27.3 Å². The van der Waals surface area contributed by atoms with E-state index < -0.39 is 0 Å². The van der Waals surface area contributed by atoms with Crippen molar-refractivity contribution in [2.24, 2.45) is 0 Å². The minimum atomic E-state index is -0.364. The number of aromatic nitrogens is 2. The Balaban J connectivity index is 1.90. The van der Waals surface area contributed by atoms with Crippen LogP contribution in [0.2, 0.25) is 0 Å². The van der Waals surface area contributed by atoms with Gasteiger partial charge in [0.15, 0.2) is 0 Å². The number of thiophene rings is 1. The molecule has 3 rings (SSSR count). The van der Waals surface area contributed by atoms with Crippen LogP contribution in [0.3, 0.4) is 0 Å². The van der Waals surface area contributed by atoms with E-state index in [-0.39, 0.29) is 6.10 Å². The minimum Gasteiger partial charge on any atom is -0.392 e. The van der Waals surface area contributed by atoms with Gasteiger partial charge in [0.05, 0.1) is 17.5 Å². The molecular weight excluding hydrogens is 354 g/mol. The van der Waals surface area contributed by atoms with Gasteiger partial charge in [0.1, 0.15) is 0 Å². The molecule has 27 heavy (non-hydrogen) atoms. The lowest BCUT2D eigenvalue weighted by Crippen LogP contribution is -2.30. The van der Waals surface area contributed by atoms with Gasteiger partial charge >= 0.3 is 0 Å². The Kier molecular flexibility index (Phi) is 6.15. The number of nitrogens with zero attached hydrogens (tertiary/aromatic N) is 3. The van der Waals surface area contributed by atoms with Crippen molar-refractivity contribution in [1.29, 1.82) is 0 Å². The predicted molar refractivity (Wildman–Crippen MR) is 113 cm³/mol. The van der Waals surface area contributed by atoms with E-state index in [1.807, 2.05) is 6.92 Å². The summed E-state index contributed by atoms with van der Waals surface area (Å²) >= 11 is 1.78. The molecule has 0 spiro atoms. The Morgan fingerprint density at radius 3 is 2.44 bits per heavy atom. The Bertz CT molecular complexity index is 910. The second-order valence-corrected chi connectivity index (χ2v) is 8.39. The van der Waals surface area contributed by atoms with Gasteiger partial charge in [0.25, 0.3) is 0 Å². The lowest BCUT2D eigenvalue weighted by Gasteiger charge is -2.24. The molecule has 0 saturated carbocycles. The Morgan fingerprint density at radius 2 is 1.81 bits per heavy atom. The van der Waals surface area contributed by atoms with E-state index >= 15 is 0 Å². The fourth-order valence-electron chi connectivity index (χ4n) is 3.49. The average molecular weight is 384 g/mol. The third-order valence-electron chi connectivity index (χ3n) is 5.02. The fourth-order valence-corrected chi connectivity index (χ4v) is 4.44. The lowest BCUT2D eigenvalue weighted by atomic mass is 10.1. The highest BCUT2D eigenvalue weighted by atomic mass is 32.1. The molecule has 2 heterocycles. The van der Waals surface area contributed by atoms with Crippen molar-refractivity contribution in [3.63, 3.8) is 0 Å². The summed E-state index contributed by atoms with van der Waals surface area (Å²) in [5, 5.41) is 17.0. The van der Waals surface area contributed by atoms with Crippen LogP contribution in [0.25, 0.3) is 5.69 Å². The SMILES string of the molecule is Cc1ccccc1-n1nc(C)c(CN(Cc2sccc2C)C[C@@H](C)O)c1C. The third kappa shape index (κ3) is 4.49. The monoisotopic (exact) mass is 383 g/mol. The highest BCUT2D eigenvalue weighted by Crippen LogP contribution is 2.24. The molecule has 1 aromatic carbocycles.